The Hall–Kier alpha value is -1.33. The summed E-state index contributed by atoms with van der Waals surface area (Å²) in [6.45, 7) is 6.18. The van der Waals surface area contributed by atoms with Crippen molar-refractivity contribution in [2.24, 2.45) is 16.7 Å². The number of aromatic nitrogens is 1. The average Bonchev–Trinajstić information content (AvgIpc) is 2.87. The van der Waals surface area contributed by atoms with Gasteiger partial charge >= 0.3 is 5.97 Å². The number of carboxylic acid groups (broad SMARTS) is 1. The van der Waals surface area contributed by atoms with Crippen LogP contribution in [0.25, 0.3) is 5.69 Å². The van der Waals surface area contributed by atoms with E-state index < -0.39 is 17.3 Å². The second-order valence-electron chi connectivity index (χ2n) is 7.30. The second kappa shape index (κ2) is 6.44. The maximum atomic E-state index is 11.8. The molecule has 3 nitrogen and oxygen atoms in total. The van der Waals surface area contributed by atoms with Gasteiger partial charge in [0.05, 0.1) is 9.31 Å². The Balaban J connectivity index is 2.05. The molecule has 5 heteroatoms. The fraction of sp³-hybridized carbons (Fsp3) is 0.350. The quantitative estimate of drug-likeness (QED) is 0.615. The van der Waals surface area contributed by atoms with E-state index in [-0.39, 0.29) is 5.41 Å². The Morgan fingerprint density at radius 2 is 1.88 bits per heavy atom. The fourth-order valence-electron chi connectivity index (χ4n) is 4.21. The number of nitrogens with zero attached hydrogens (tertiary/aromatic N) is 1. The number of hydrogen-bond acceptors (Lipinski definition) is 1. The van der Waals surface area contributed by atoms with Crippen LogP contribution in [0.5, 0.6) is 0 Å². The van der Waals surface area contributed by atoms with Crippen LogP contribution in [-0.2, 0) is 11.2 Å². The first-order valence-corrected chi connectivity index (χ1v) is 9.78. The predicted molar refractivity (Wildman–Crippen MR) is 107 cm³/mol. The second-order valence-corrected chi connectivity index (χ2v) is 10.1. The number of allylic oxidation sites excluding steroid dienone is 1. The maximum Gasteiger partial charge on any atom is 0.307 e. The highest BCUT2D eigenvalue weighted by atomic mass is 79.9. The van der Waals surface area contributed by atoms with Crippen molar-refractivity contribution in [3.8, 4) is 5.69 Å². The molecular formula is C20H21Br2NO2. The summed E-state index contributed by atoms with van der Waals surface area (Å²) in [6.07, 6.45) is 6.77. The van der Waals surface area contributed by atoms with Gasteiger partial charge in [-0.05, 0) is 79.9 Å². The van der Waals surface area contributed by atoms with Gasteiger partial charge in [0.2, 0.25) is 0 Å². The minimum absolute atomic E-state index is 0.304. The summed E-state index contributed by atoms with van der Waals surface area (Å²) in [5.74, 6) is -1.14. The molecule has 1 N–H and O–H groups in total. The largest absolute Gasteiger partial charge is 0.481 e. The van der Waals surface area contributed by atoms with Crippen LogP contribution in [0, 0.1) is 23.7 Å². The summed E-state index contributed by atoms with van der Waals surface area (Å²) < 4.78 is 2.89. The van der Waals surface area contributed by atoms with Gasteiger partial charge in [-0.25, -0.2) is 0 Å². The van der Waals surface area contributed by atoms with Gasteiger partial charge in [0, 0.05) is 23.5 Å². The number of benzene rings is 1. The van der Waals surface area contributed by atoms with Crippen LogP contribution in [0.15, 0.2) is 52.2 Å². The highest BCUT2D eigenvalue weighted by Gasteiger charge is 2.73. The first kappa shape index (κ1) is 18.5. The lowest BCUT2D eigenvalue weighted by atomic mass is 9.86. The average molecular weight is 467 g/mol. The minimum atomic E-state index is -0.735. The number of carbonyl (C=O) groups is 1. The lowest BCUT2D eigenvalue weighted by Crippen LogP contribution is -2.14. The molecular weight excluding hydrogens is 446 g/mol. The van der Waals surface area contributed by atoms with E-state index in [4.69, 9.17) is 0 Å². The molecule has 1 aliphatic rings. The topological polar surface area (TPSA) is 42.2 Å². The molecule has 132 valence electrons. The minimum Gasteiger partial charge on any atom is -0.481 e. The first-order chi connectivity index (χ1) is 11.7. The molecule has 2 unspecified atom stereocenters. The number of hydrogen-bond donors (Lipinski definition) is 1. The summed E-state index contributed by atoms with van der Waals surface area (Å²) in [5.41, 5.74) is 2.78. The van der Waals surface area contributed by atoms with Crippen molar-refractivity contribution in [2.45, 2.75) is 27.2 Å². The number of rotatable bonds is 5. The Morgan fingerprint density at radius 1 is 1.24 bits per heavy atom. The van der Waals surface area contributed by atoms with Gasteiger partial charge in [-0.3, -0.25) is 4.79 Å². The van der Waals surface area contributed by atoms with E-state index >= 15 is 0 Å². The Bertz CT molecular complexity index is 835. The predicted octanol–water partition coefficient (Wildman–Crippen LogP) is 5.69. The van der Waals surface area contributed by atoms with Gasteiger partial charge < -0.3 is 9.67 Å². The molecule has 0 radical (unpaired) electrons. The molecule has 0 bridgehead atoms. The van der Waals surface area contributed by atoms with E-state index in [1.54, 1.807) is 0 Å². The van der Waals surface area contributed by atoms with Gasteiger partial charge in [-0.2, -0.15) is 0 Å². The zero-order valence-electron chi connectivity index (χ0n) is 14.5. The molecule has 0 spiro atoms. The molecule has 3 rings (SSSR count). The molecule has 25 heavy (non-hydrogen) atoms. The van der Waals surface area contributed by atoms with E-state index in [2.05, 4.69) is 55.5 Å². The first-order valence-electron chi connectivity index (χ1n) is 8.19. The van der Waals surface area contributed by atoms with Gasteiger partial charge in [-0.1, -0.05) is 32.1 Å². The molecule has 1 aromatic heterocycles. The highest BCUT2D eigenvalue weighted by molar-refractivity contribution is 9.28. The molecule has 1 aliphatic carbocycles. The van der Waals surface area contributed by atoms with Crippen LogP contribution in [0.2, 0.25) is 0 Å². The van der Waals surface area contributed by atoms with Gasteiger partial charge in [-0.15, -0.1) is 0 Å². The van der Waals surface area contributed by atoms with E-state index in [1.807, 2.05) is 50.5 Å². The van der Waals surface area contributed by atoms with E-state index in [0.717, 1.165) is 9.08 Å². The third-order valence-corrected chi connectivity index (χ3v) is 6.21. The summed E-state index contributed by atoms with van der Waals surface area (Å²) in [5, 5.41) is 9.73. The zero-order chi connectivity index (χ0) is 18.4. The standard InChI is InChI=1S/C20H21Br2NO2/c1-13-14(7-6-8-15(13)23-9-4-5-10-23)11-20(12-16(21)22)17(18(24)25)19(20,2)3/h4-10,12,17H,11H2,1-3H3,(H,24,25). The summed E-state index contributed by atoms with van der Waals surface area (Å²) in [4.78, 5) is 11.8. The van der Waals surface area contributed by atoms with Crippen LogP contribution in [0.4, 0.5) is 0 Å². The molecule has 2 atom stereocenters. The number of aliphatic carboxylic acids is 1. The number of halogens is 2. The van der Waals surface area contributed by atoms with Crippen LogP contribution < -0.4 is 0 Å². The van der Waals surface area contributed by atoms with Crippen LogP contribution in [0.1, 0.15) is 25.0 Å². The summed E-state index contributed by atoms with van der Waals surface area (Å²) >= 11 is 6.87. The van der Waals surface area contributed by atoms with Gasteiger partial charge in [0.15, 0.2) is 0 Å². The smallest absolute Gasteiger partial charge is 0.307 e. The molecule has 1 aromatic carbocycles. The van der Waals surface area contributed by atoms with Crippen molar-refractivity contribution < 1.29 is 9.90 Å². The van der Waals surface area contributed by atoms with Crippen molar-refractivity contribution in [2.75, 3.05) is 0 Å². The molecule has 0 saturated heterocycles. The Labute approximate surface area is 165 Å². The van der Waals surface area contributed by atoms with Crippen molar-refractivity contribution >= 4 is 37.8 Å². The van der Waals surface area contributed by atoms with Crippen LogP contribution in [-0.4, -0.2) is 15.6 Å². The van der Waals surface area contributed by atoms with Crippen molar-refractivity contribution in [1.29, 1.82) is 0 Å². The third kappa shape index (κ3) is 3.02. The lowest BCUT2D eigenvalue weighted by molar-refractivity contribution is -0.139. The van der Waals surface area contributed by atoms with Crippen LogP contribution >= 0.6 is 31.9 Å². The monoisotopic (exact) mass is 465 g/mol. The van der Waals surface area contributed by atoms with Crippen molar-refractivity contribution in [1.82, 2.24) is 4.57 Å². The molecule has 0 amide bonds. The van der Waals surface area contributed by atoms with E-state index in [9.17, 15) is 9.90 Å². The van der Waals surface area contributed by atoms with E-state index in [1.165, 1.54) is 11.1 Å². The van der Waals surface area contributed by atoms with Crippen molar-refractivity contribution in [3.05, 3.63) is 63.3 Å². The zero-order valence-corrected chi connectivity index (χ0v) is 17.6. The molecule has 1 saturated carbocycles. The van der Waals surface area contributed by atoms with Crippen LogP contribution in [0.3, 0.4) is 0 Å². The Morgan fingerprint density at radius 3 is 2.40 bits per heavy atom. The fourth-order valence-corrected chi connectivity index (χ4v) is 5.03. The number of carboxylic acids is 1. The van der Waals surface area contributed by atoms with E-state index in [0.29, 0.717) is 6.42 Å². The Kier molecular flexibility index (Phi) is 4.75. The third-order valence-electron chi connectivity index (χ3n) is 5.75. The molecule has 2 aromatic rings. The van der Waals surface area contributed by atoms with Crippen molar-refractivity contribution in [3.63, 3.8) is 0 Å². The summed E-state index contributed by atoms with van der Waals surface area (Å²) in [7, 11) is 0. The normalized spacial score (nSPS) is 24.0. The van der Waals surface area contributed by atoms with Gasteiger partial charge in [0.1, 0.15) is 0 Å². The lowest BCUT2D eigenvalue weighted by Gasteiger charge is -2.20. The molecule has 1 fully saturated rings. The maximum absolute atomic E-state index is 11.8. The SMILES string of the molecule is Cc1c(CC2(C=C(Br)Br)C(C(=O)O)C2(C)C)cccc1-n1cccc1. The van der Waals surface area contributed by atoms with Gasteiger partial charge in [0.25, 0.3) is 0 Å². The molecule has 0 aliphatic heterocycles. The molecule has 1 heterocycles. The highest BCUT2D eigenvalue weighted by Crippen LogP contribution is 2.72. The summed E-state index contributed by atoms with van der Waals surface area (Å²) in [6, 6.07) is 10.2.